The van der Waals surface area contributed by atoms with Gasteiger partial charge in [0.15, 0.2) is 17.5 Å². The molecule has 2 heterocycles. The van der Waals surface area contributed by atoms with Gasteiger partial charge in [0.25, 0.3) is 0 Å². The van der Waals surface area contributed by atoms with Gasteiger partial charge in [0.1, 0.15) is 0 Å². The van der Waals surface area contributed by atoms with Crippen molar-refractivity contribution in [3.05, 3.63) is 212 Å². The fourth-order valence-electron chi connectivity index (χ4n) is 8.29. The quantitative estimate of drug-likeness (QED) is 0.168. The molecular weight excluding hydrogens is 759 g/mol. The van der Waals surface area contributed by atoms with Gasteiger partial charge in [0, 0.05) is 36.9 Å². The van der Waals surface area contributed by atoms with E-state index in [0.717, 1.165) is 54.2 Å². The van der Waals surface area contributed by atoms with Crippen molar-refractivity contribution < 1.29 is 9.60 Å². The van der Waals surface area contributed by atoms with E-state index in [0.29, 0.717) is 28.6 Å². The Hall–Kier alpha value is -7.79. The van der Waals surface area contributed by atoms with Crippen LogP contribution >= 0.6 is 11.3 Å². The average Bonchev–Trinajstić information content (AvgIpc) is 3.76. The molecule has 284 valence electrons. The van der Waals surface area contributed by atoms with Crippen molar-refractivity contribution in [2.24, 2.45) is 0 Å². The molecular formula is C57H35N3S. The van der Waals surface area contributed by atoms with Gasteiger partial charge in [-0.15, -0.1) is 11.3 Å². The van der Waals surface area contributed by atoms with Crippen molar-refractivity contribution in [2.45, 2.75) is 0 Å². The molecule has 4 heteroatoms. The molecule has 0 saturated carbocycles. The third kappa shape index (κ3) is 6.42. The minimum absolute atomic E-state index is 0.00257. The molecule has 0 amide bonds. The monoisotopic (exact) mass is 800 g/mol. The van der Waals surface area contributed by atoms with Crippen molar-refractivity contribution >= 4 is 63.8 Å². The molecule has 0 unspecified atom stereocenters. The van der Waals surface area contributed by atoms with Gasteiger partial charge in [0.05, 0.1) is 9.60 Å². The van der Waals surface area contributed by atoms with Crippen LogP contribution < -0.4 is 0 Å². The Labute approximate surface area is 366 Å². The topological polar surface area (TPSA) is 38.7 Å². The third-order valence-electron chi connectivity index (χ3n) is 11.4. The highest BCUT2D eigenvalue weighted by molar-refractivity contribution is 7.25. The van der Waals surface area contributed by atoms with Crippen LogP contribution in [0.2, 0.25) is 0 Å². The van der Waals surface area contributed by atoms with E-state index < -0.39 is 30.2 Å². The number of rotatable bonds is 6. The van der Waals surface area contributed by atoms with Crippen LogP contribution in [-0.2, 0) is 0 Å². The van der Waals surface area contributed by atoms with Gasteiger partial charge in [-0.2, -0.15) is 0 Å². The predicted octanol–water partition coefficient (Wildman–Crippen LogP) is 15.7. The number of thiophene rings is 1. The van der Waals surface area contributed by atoms with E-state index in [9.17, 15) is 1.37 Å². The van der Waals surface area contributed by atoms with Crippen molar-refractivity contribution in [1.29, 1.82) is 0 Å². The molecule has 0 fully saturated rings. The van der Waals surface area contributed by atoms with E-state index in [4.69, 9.17) is 23.2 Å². The summed E-state index contributed by atoms with van der Waals surface area (Å²) < 4.78 is 64.5. The molecule has 12 rings (SSSR count). The molecule has 0 radical (unpaired) electrons. The molecule has 0 aliphatic carbocycles. The predicted molar refractivity (Wildman–Crippen MR) is 258 cm³/mol. The lowest BCUT2D eigenvalue weighted by Crippen LogP contribution is -2.00. The largest absolute Gasteiger partial charge is 0.208 e. The van der Waals surface area contributed by atoms with Crippen LogP contribution in [0.4, 0.5) is 0 Å². The Balaban J connectivity index is 1.08. The van der Waals surface area contributed by atoms with E-state index in [1.165, 1.54) is 20.9 Å². The lowest BCUT2D eigenvalue weighted by Gasteiger charge is -2.14. The minimum Gasteiger partial charge on any atom is -0.208 e. The van der Waals surface area contributed by atoms with Gasteiger partial charge in [-0.1, -0.05) is 164 Å². The highest BCUT2D eigenvalue weighted by atomic mass is 32.1. The Bertz CT molecular complexity index is 4070. The summed E-state index contributed by atoms with van der Waals surface area (Å²) in [5.74, 6) is 1.26. The molecule has 2 aromatic heterocycles. The van der Waals surface area contributed by atoms with Crippen molar-refractivity contribution in [1.82, 2.24) is 15.0 Å². The molecule has 0 spiro atoms. The highest BCUT2D eigenvalue weighted by Crippen LogP contribution is 2.39. The molecule has 0 saturated heterocycles. The van der Waals surface area contributed by atoms with E-state index in [1.807, 2.05) is 78.9 Å². The molecule has 61 heavy (non-hydrogen) atoms. The van der Waals surface area contributed by atoms with Crippen molar-refractivity contribution in [3.8, 4) is 67.5 Å². The Morgan fingerprint density at radius 1 is 0.311 bits per heavy atom. The normalized spacial score (nSPS) is 13.2. The average molecular weight is 801 g/mol. The zero-order chi connectivity index (χ0) is 46.4. The summed E-state index contributed by atoms with van der Waals surface area (Å²) >= 11 is 1.71. The zero-order valence-corrected chi connectivity index (χ0v) is 33.2. The Kier molecular flexibility index (Phi) is 6.79. The first kappa shape index (κ1) is 28.6. The Morgan fingerprint density at radius 3 is 1.67 bits per heavy atom. The number of aromatic nitrogens is 3. The number of hydrogen-bond donors (Lipinski definition) is 0. The molecule has 3 nitrogen and oxygen atoms in total. The molecule has 10 aromatic carbocycles. The maximum atomic E-state index is 9.34. The van der Waals surface area contributed by atoms with E-state index in [2.05, 4.69) is 84.9 Å². The summed E-state index contributed by atoms with van der Waals surface area (Å²) in [6.45, 7) is 0. The minimum atomic E-state index is -0.506. The molecule has 0 atom stereocenters. The SMILES string of the molecule is [2H]c1c([2H])c([2H])c2c(-c3cc(-c4ccc5cc(-c6ccc7ccccc7c6)ccc5c4)cc(-c4nc(-c5ccccc5)nc(-c5ccc6c(c5)sc5ccccc56)n4)c3)c([2H])c([2H])c([2H])c2c1[2H]. The van der Waals surface area contributed by atoms with Crippen LogP contribution in [0.1, 0.15) is 9.60 Å². The maximum Gasteiger partial charge on any atom is 0.164 e. The van der Waals surface area contributed by atoms with E-state index in [1.54, 1.807) is 17.4 Å². The van der Waals surface area contributed by atoms with Gasteiger partial charge in [-0.05, 0) is 114 Å². The number of nitrogens with zero attached hydrogens (tertiary/aromatic N) is 3. The maximum absolute atomic E-state index is 9.34. The molecule has 12 aromatic rings. The third-order valence-corrected chi connectivity index (χ3v) is 12.5. The second-order valence-electron chi connectivity index (χ2n) is 15.1. The number of benzene rings is 10. The fraction of sp³-hybridized carbons (Fsp3) is 0. The van der Waals surface area contributed by atoms with Gasteiger partial charge in [-0.3, -0.25) is 0 Å². The summed E-state index contributed by atoms with van der Waals surface area (Å²) in [5, 5.41) is 6.61. The van der Waals surface area contributed by atoms with Crippen molar-refractivity contribution in [2.75, 3.05) is 0 Å². The van der Waals surface area contributed by atoms with E-state index >= 15 is 0 Å². The summed E-state index contributed by atoms with van der Waals surface area (Å²) in [5.41, 5.74) is 6.45. The first-order chi connectivity index (χ1) is 33.1. The number of hydrogen-bond acceptors (Lipinski definition) is 4. The van der Waals surface area contributed by atoms with Crippen LogP contribution in [0.5, 0.6) is 0 Å². The van der Waals surface area contributed by atoms with Crippen molar-refractivity contribution in [3.63, 3.8) is 0 Å². The summed E-state index contributed by atoms with van der Waals surface area (Å²) in [7, 11) is 0. The van der Waals surface area contributed by atoms with Crippen LogP contribution in [0.15, 0.2) is 212 Å². The van der Waals surface area contributed by atoms with Crippen LogP contribution in [0, 0.1) is 0 Å². The second kappa shape index (κ2) is 14.5. The first-order valence-corrected chi connectivity index (χ1v) is 20.8. The lowest BCUT2D eigenvalue weighted by molar-refractivity contribution is 1.07. The van der Waals surface area contributed by atoms with Crippen LogP contribution in [0.3, 0.4) is 0 Å². The fourth-order valence-corrected chi connectivity index (χ4v) is 9.43. The highest BCUT2D eigenvalue weighted by Gasteiger charge is 2.17. The second-order valence-corrected chi connectivity index (χ2v) is 16.2. The van der Waals surface area contributed by atoms with Crippen LogP contribution in [-0.4, -0.2) is 15.0 Å². The Morgan fingerprint density at radius 2 is 0.869 bits per heavy atom. The van der Waals surface area contributed by atoms with Crippen LogP contribution in [0.25, 0.3) is 120 Å². The van der Waals surface area contributed by atoms with Gasteiger partial charge < -0.3 is 0 Å². The zero-order valence-electron chi connectivity index (χ0n) is 39.4. The smallest absolute Gasteiger partial charge is 0.164 e. The lowest BCUT2D eigenvalue weighted by atomic mass is 9.92. The van der Waals surface area contributed by atoms with Gasteiger partial charge >= 0.3 is 0 Å². The summed E-state index contributed by atoms with van der Waals surface area (Å²) in [6.07, 6.45) is 0. The molecule has 0 bridgehead atoms. The molecule has 0 N–H and O–H groups in total. The molecule has 0 aliphatic heterocycles. The van der Waals surface area contributed by atoms with E-state index in [-0.39, 0.29) is 28.4 Å². The molecule has 0 aliphatic rings. The van der Waals surface area contributed by atoms with Gasteiger partial charge in [0.2, 0.25) is 0 Å². The first-order valence-electron chi connectivity index (χ1n) is 23.5. The summed E-state index contributed by atoms with van der Waals surface area (Å²) in [6, 6.07) is 54.4. The number of fused-ring (bicyclic) bond motifs is 6. The standard InChI is InChI=1S/C57H35N3S/c1-2-13-38(14-3-1)55-58-56(45-27-28-52-51-18-8-9-20-53(51)61-54(52)35-45)60-57(59-55)48-33-46(32-47(34-48)50-19-10-16-37-12-6-7-17-49(37)50)44-26-25-42-30-41(23-24-43(42)31-44)40-22-21-36-11-4-5-15-39(36)29-40/h1-35H/i6D,7D,10D,12D,16D,17D,19D. The summed E-state index contributed by atoms with van der Waals surface area (Å²) in [4.78, 5) is 15.3. The van der Waals surface area contributed by atoms with Gasteiger partial charge in [-0.25, -0.2) is 15.0 Å².